The maximum absolute atomic E-state index is 13.2. The molecule has 1 heterocycles. The molecular formula is C18H11BrClNO4S2. The van der Waals surface area contributed by atoms with Crippen LogP contribution in [0.1, 0.15) is 12.0 Å². The van der Waals surface area contributed by atoms with Gasteiger partial charge in [-0.15, -0.1) is 0 Å². The molecule has 2 aromatic rings. The van der Waals surface area contributed by atoms with Gasteiger partial charge in [-0.05, 0) is 60.3 Å². The van der Waals surface area contributed by atoms with Crippen LogP contribution in [0.3, 0.4) is 0 Å². The molecule has 1 aliphatic rings. The van der Waals surface area contributed by atoms with E-state index < -0.39 is 25.1 Å². The molecule has 9 heteroatoms. The number of imide groups is 1. The second kappa shape index (κ2) is 7.68. The number of carbonyl (C=O) groups is 2. The molecule has 0 aliphatic carbocycles. The number of benzene rings is 2. The quantitative estimate of drug-likeness (QED) is 0.666. The number of hydrogen-bond donors (Lipinski definition) is 1. The Hall–Kier alpha value is -1.79. The van der Waals surface area contributed by atoms with Gasteiger partial charge in [0.25, 0.3) is 11.1 Å². The lowest BCUT2D eigenvalue weighted by atomic mass is 10.2. The summed E-state index contributed by atoms with van der Waals surface area (Å²) in [5.41, 5.74) is 0.616. The van der Waals surface area contributed by atoms with Crippen LogP contribution in [0, 0.1) is 11.8 Å². The Kier molecular flexibility index (Phi) is 5.68. The van der Waals surface area contributed by atoms with Gasteiger partial charge in [0, 0.05) is 21.5 Å². The first-order valence-corrected chi connectivity index (χ1v) is 11.0. The molecule has 27 heavy (non-hydrogen) atoms. The van der Waals surface area contributed by atoms with Gasteiger partial charge in [0.2, 0.25) is 13.9 Å². The number of hydrogen-bond acceptors (Lipinski definition) is 5. The highest BCUT2D eigenvalue weighted by Gasteiger charge is 2.58. The van der Waals surface area contributed by atoms with Crippen molar-refractivity contribution in [3.05, 3.63) is 63.6 Å². The summed E-state index contributed by atoms with van der Waals surface area (Å²) in [6.45, 7) is 0. The summed E-state index contributed by atoms with van der Waals surface area (Å²) in [7, 11) is -4.17. The number of carbonyl (C=O) groups excluding carboxylic acids is 2. The number of thioether (sulfide) groups is 1. The lowest BCUT2D eigenvalue weighted by molar-refractivity contribution is -0.119. The zero-order valence-electron chi connectivity index (χ0n) is 13.5. The molecule has 0 radical (unpaired) electrons. The third kappa shape index (κ3) is 3.92. The van der Waals surface area contributed by atoms with Crippen molar-refractivity contribution in [2.45, 2.75) is 15.4 Å². The average Bonchev–Trinajstić information content (AvgIpc) is 2.92. The summed E-state index contributed by atoms with van der Waals surface area (Å²) in [5.74, 6) is 4.65. The van der Waals surface area contributed by atoms with E-state index >= 15 is 0 Å². The van der Waals surface area contributed by atoms with Crippen molar-refractivity contribution >= 4 is 60.3 Å². The van der Waals surface area contributed by atoms with Crippen LogP contribution < -0.4 is 5.32 Å². The molecule has 0 aromatic heterocycles. The molecule has 2 aromatic carbocycles. The summed E-state index contributed by atoms with van der Waals surface area (Å²) in [6.07, 6.45) is -0.337. The zero-order valence-corrected chi connectivity index (χ0v) is 17.5. The summed E-state index contributed by atoms with van der Waals surface area (Å²) in [4.78, 5) is 24.2. The molecule has 3 rings (SSSR count). The van der Waals surface area contributed by atoms with E-state index in [2.05, 4.69) is 33.1 Å². The van der Waals surface area contributed by atoms with Crippen LogP contribution in [-0.4, -0.2) is 23.6 Å². The fourth-order valence-corrected chi connectivity index (χ4v) is 5.91. The Morgan fingerprint density at radius 1 is 1.07 bits per heavy atom. The van der Waals surface area contributed by atoms with Crippen molar-refractivity contribution in [3.63, 3.8) is 0 Å². The van der Waals surface area contributed by atoms with Gasteiger partial charge in [0.1, 0.15) is 0 Å². The van der Waals surface area contributed by atoms with E-state index in [9.17, 15) is 18.0 Å². The topological polar surface area (TPSA) is 80.3 Å². The van der Waals surface area contributed by atoms with Crippen molar-refractivity contribution in [1.82, 2.24) is 5.32 Å². The fourth-order valence-electron chi connectivity index (χ4n) is 2.40. The number of rotatable bonds is 3. The van der Waals surface area contributed by atoms with Crippen molar-refractivity contribution in [2.75, 3.05) is 0 Å². The summed E-state index contributed by atoms with van der Waals surface area (Å²) < 4.78 is 25.0. The highest BCUT2D eigenvalue weighted by Crippen LogP contribution is 2.43. The maximum Gasteiger partial charge on any atom is 0.287 e. The first-order valence-electron chi connectivity index (χ1n) is 7.54. The maximum atomic E-state index is 13.2. The molecule has 138 valence electrons. The molecule has 1 aliphatic heterocycles. The molecule has 1 unspecified atom stereocenters. The van der Waals surface area contributed by atoms with E-state index in [1.165, 1.54) is 12.1 Å². The molecule has 1 atom stereocenters. The van der Waals surface area contributed by atoms with E-state index in [0.29, 0.717) is 26.8 Å². The summed E-state index contributed by atoms with van der Waals surface area (Å²) in [5, 5.41) is 1.90. The predicted molar refractivity (Wildman–Crippen MR) is 108 cm³/mol. The van der Waals surface area contributed by atoms with E-state index in [1.54, 1.807) is 36.4 Å². The van der Waals surface area contributed by atoms with Crippen LogP contribution in [0.2, 0.25) is 5.02 Å². The molecule has 0 spiro atoms. The van der Waals surface area contributed by atoms with Crippen LogP contribution in [-0.2, 0) is 14.6 Å². The van der Waals surface area contributed by atoms with Crippen LogP contribution in [0.15, 0.2) is 57.9 Å². The van der Waals surface area contributed by atoms with E-state index in [1.807, 2.05) is 0 Å². The number of halogens is 2. The van der Waals surface area contributed by atoms with Gasteiger partial charge in [-0.2, -0.15) is 0 Å². The number of amides is 2. The Labute approximate surface area is 173 Å². The normalized spacial score (nSPS) is 19.3. The van der Waals surface area contributed by atoms with Crippen LogP contribution in [0.5, 0.6) is 0 Å². The lowest BCUT2D eigenvalue weighted by Crippen LogP contribution is -2.43. The van der Waals surface area contributed by atoms with E-state index in [-0.39, 0.29) is 11.3 Å². The summed E-state index contributed by atoms with van der Waals surface area (Å²) in [6, 6.07) is 12.5. The van der Waals surface area contributed by atoms with Gasteiger partial charge in [0.15, 0.2) is 0 Å². The molecule has 1 fully saturated rings. The van der Waals surface area contributed by atoms with E-state index in [4.69, 9.17) is 11.6 Å². The smallest absolute Gasteiger partial charge is 0.285 e. The van der Waals surface area contributed by atoms with Gasteiger partial charge < -0.3 is 0 Å². The predicted octanol–water partition coefficient (Wildman–Crippen LogP) is 4.00. The molecular weight excluding hydrogens is 474 g/mol. The second-order valence-electron chi connectivity index (χ2n) is 5.54. The molecule has 0 saturated carbocycles. The largest absolute Gasteiger partial charge is 0.287 e. The van der Waals surface area contributed by atoms with Gasteiger partial charge in [-0.3, -0.25) is 14.9 Å². The Morgan fingerprint density at radius 3 is 2.26 bits per heavy atom. The van der Waals surface area contributed by atoms with Crippen LogP contribution >= 0.6 is 39.3 Å². The minimum atomic E-state index is -4.17. The minimum Gasteiger partial charge on any atom is -0.285 e. The van der Waals surface area contributed by atoms with Gasteiger partial charge in [-0.25, -0.2) is 8.42 Å². The Bertz CT molecular complexity index is 1070. The molecule has 1 saturated heterocycles. The number of nitrogens with one attached hydrogen (secondary N) is 1. The third-order valence-corrected chi connectivity index (χ3v) is 8.50. The second-order valence-corrected chi connectivity index (χ2v) is 10.6. The van der Waals surface area contributed by atoms with Crippen molar-refractivity contribution in [2.24, 2.45) is 0 Å². The Morgan fingerprint density at radius 2 is 1.70 bits per heavy atom. The van der Waals surface area contributed by atoms with Crippen molar-refractivity contribution in [1.29, 1.82) is 0 Å². The monoisotopic (exact) mass is 483 g/mol. The SMILES string of the molecule is O=C1NC(=O)C(CC#Cc2ccc(Cl)cc2)(S(=O)(=O)c2ccc(Br)cc2)S1. The highest BCUT2D eigenvalue weighted by molar-refractivity contribution is 9.10. The molecule has 5 nitrogen and oxygen atoms in total. The number of sulfone groups is 1. The first-order chi connectivity index (χ1) is 12.7. The van der Waals surface area contributed by atoms with Crippen molar-refractivity contribution in [3.8, 4) is 11.8 Å². The first kappa shape index (κ1) is 20.0. The van der Waals surface area contributed by atoms with Gasteiger partial charge in [-0.1, -0.05) is 39.4 Å². The van der Waals surface area contributed by atoms with Crippen LogP contribution in [0.25, 0.3) is 0 Å². The summed E-state index contributed by atoms with van der Waals surface area (Å²) >= 11 is 9.50. The fraction of sp³-hybridized carbons (Fsp3) is 0.111. The third-order valence-electron chi connectivity index (χ3n) is 3.78. The average molecular weight is 485 g/mol. The lowest BCUT2D eigenvalue weighted by Gasteiger charge is -2.22. The standard InChI is InChI=1S/C18H11BrClNO4S2/c19-13-5-9-15(10-6-13)27(24,25)18(16(22)21-17(23)26-18)11-1-2-12-3-7-14(20)8-4-12/h3-10H,11H2,(H,21,22,23). The van der Waals surface area contributed by atoms with Gasteiger partial charge in [0.05, 0.1) is 4.90 Å². The van der Waals surface area contributed by atoms with Gasteiger partial charge >= 0.3 is 0 Å². The molecule has 2 amide bonds. The minimum absolute atomic E-state index is 0.0589. The zero-order chi connectivity index (χ0) is 19.7. The van der Waals surface area contributed by atoms with Crippen molar-refractivity contribution < 1.29 is 18.0 Å². The highest BCUT2D eigenvalue weighted by atomic mass is 79.9. The van der Waals surface area contributed by atoms with E-state index in [0.717, 1.165) is 0 Å². The van der Waals surface area contributed by atoms with Crippen LogP contribution in [0.4, 0.5) is 4.79 Å². The molecule has 1 N–H and O–H groups in total. The molecule has 0 bridgehead atoms. The Balaban J connectivity index is 2.01.